The molecule has 1 aliphatic heterocycles. The van der Waals surface area contributed by atoms with Crippen LogP contribution in [0, 0.1) is 5.92 Å². The lowest BCUT2D eigenvalue weighted by Crippen LogP contribution is -2.30. The summed E-state index contributed by atoms with van der Waals surface area (Å²) in [6, 6.07) is 14.9. The normalized spacial score (nSPS) is 20.1. The van der Waals surface area contributed by atoms with Gasteiger partial charge in [-0.3, -0.25) is 9.88 Å². The number of hydrogen-bond acceptors (Lipinski definition) is 3. The van der Waals surface area contributed by atoms with Gasteiger partial charge < -0.3 is 4.74 Å². The lowest BCUT2D eigenvalue weighted by Gasteiger charge is -2.23. The summed E-state index contributed by atoms with van der Waals surface area (Å²) in [7, 11) is 0. The molecule has 110 valence electrons. The first-order chi connectivity index (χ1) is 10.4. The van der Waals surface area contributed by atoms with E-state index in [2.05, 4.69) is 46.3 Å². The highest BCUT2D eigenvalue weighted by atomic mass is 16.5. The predicted octanol–water partition coefficient (Wildman–Crippen LogP) is 2.77. The van der Waals surface area contributed by atoms with Gasteiger partial charge in [0.05, 0.1) is 13.2 Å². The van der Waals surface area contributed by atoms with Crippen molar-refractivity contribution >= 4 is 0 Å². The van der Waals surface area contributed by atoms with Gasteiger partial charge in [-0.25, -0.2) is 0 Å². The topological polar surface area (TPSA) is 25.4 Å². The molecule has 3 rings (SSSR count). The van der Waals surface area contributed by atoms with Crippen LogP contribution in [0.5, 0.6) is 0 Å². The van der Waals surface area contributed by atoms with E-state index >= 15 is 0 Å². The summed E-state index contributed by atoms with van der Waals surface area (Å²) >= 11 is 0. The van der Waals surface area contributed by atoms with Crippen LogP contribution in [-0.2, 0) is 17.7 Å². The third kappa shape index (κ3) is 4.38. The molecule has 1 atom stereocenters. The number of nitrogens with zero attached hydrogens (tertiary/aromatic N) is 2. The molecule has 1 aromatic heterocycles. The number of pyridine rings is 1. The molecule has 3 heteroatoms. The summed E-state index contributed by atoms with van der Waals surface area (Å²) in [6.07, 6.45) is 4.87. The number of rotatable bonds is 4. The molecule has 1 aromatic carbocycles. The second-order valence-corrected chi connectivity index (χ2v) is 5.73. The van der Waals surface area contributed by atoms with Crippen LogP contribution in [0.3, 0.4) is 0 Å². The molecule has 2 heterocycles. The van der Waals surface area contributed by atoms with Crippen molar-refractivity contribution in [2.75, 3.05) is 26.3 Å². The molecule has 1 saturated heterocycles. The number of ether oxygens (including phenoxy) is 1. The van der Waals surface area contributed by atoms with E-state index in [4.69, 9.17) is 4.74 Å². The molecule has 2 aromatic rings. The Morgan fingerprint density at radius 2 is 1.95 bits per heavy atom. The van der Waals surface area contributed by atoms with Gasteiger partial charge in [0.25, 0.3) is 0 Å². The van der Waals surface area contributed by atoms with Crippen LogP contribution >= 0.6 is 0 Å². The number of aromatic nitrogens is 1. The Balaban J connectivity index is 1.61. The molecule has 21 heavy (non-hydrogen) atoms. The van der Waals surface area contributed by atoms with Crippen molar-refractivity contribution in [3.05, 3.63) is 66.0 Å². The quantitative estimate of drug-likeness (QED) is 0.862. The monoisotopic (exact) mass is 282 g/mol. The highest BCUT2D eigenvalue weighted by Crippen LogP contribution is 2.15. The lowest BCUT2D eigenvalue weighted by atomic mass is 9.99. The molecule has 0 N–H and O–H groups in total. The zero-order valence-corrected chi connectivity index (χ0v) is 12.3. The first-order valence-corrected chi connectivity index (χ1v) is 7.63. The summed E-state index contributed by atoms with van der Waals surface area (Å²) < 4.78 is 5.79. The van der Waals surface area contributed by atoms with E-state index < -0.39 is 0 Å². The maximum atomic E-state index is 5.79. The minimum atomic E-state index is 0.562. The van der Waals surface area contributed by atoms with Gasteiger partial charge >= 0.3 is 0 Å². The van der Waals surface area contributed by atoms with E-state index in [0.717, 1.165) is 39.3 Å². The van der Waals surface area contributed by atoms with Crippen molar-refractivity contribution in [1.82, 2.24) is 9.88 Å². The van der Waals surface area contributed by atoms with Gasteiger partial charge in [-0.05, 0) is 29.5 Å². The fourth-order valence-electron chi connectivity index (χ4n) is 2.92. The largest absolute Gasteiger partial charge is 0.380 e. The van der Waals surface area contributed by atoms with Crippen LogP contribution in [0.2, 0.25) is 0 Å². The SMILES string of the molecule is c1ccc(CC2COCCN(Cc3cccnc3)C2)cc1. The fourth-order valence-corrected chi connectivity index (χ4v) is 2.92. The van der Waals surface area contributed by atoms with Gasteiger partial charge in [-0.2, -0.15) is 0 Å². The second kappa shape index (κ2) is 7.34. The summed E-state index contributed by atoms with van der Waals surface area (Å²) in [4.78, 5) is 6.69. The van der Waals surface area contributed by atoms with Crippen molar-refractivity contribution in [3.63, 3.8) is 0 Å². The Morgan fingerprint density at radius 3 is 2.76 bits per heavy atom. The molecule has 0 bridgehead atoms. The minimum absolute atomic E-state index is 0.562. The molecule has 0 amide bonds. The molecule has 1 fully saturated rings. The Morgan fingerprint density at radius 1 is 1.10 bits per heavy atom. The molecular formula is C18H22N2O. The van der Waals surface area contributed by atoms with Crippen LogP contribution in [0.15, 0.2) is 54.9 Å². The zero-order chi connectivity index (χ0) is 14.3. The fraction of sp³-hybridized carbons (Fsp3) is 0.389. The van der Waals surface area contributed by atoms with Crippen molar-refractivity contribution in [3.8, 4) is 0 Å². The van der Waals surface area contributed by atoms with Crippen LogP contribution in [0.4, 0.5) is 0 Å². The van der Waals surface area contributed by atoms with Gasteiger partial charge in [-0.1, -0.05) is 36.4 Å². The van der Waals surface area contributed by atoms with E-state index in [9.17, 15) is 0 Å². The van der Waals surface area contributed by atoms with E-state index in [1.165, 1.54) is 11.1 Å². The zero-order valence-electron chi connectivity index (χ0n) is 12.3. The summed E-state index contributed by atoms with van der Waals surface area (Å²) in [5.41, 5.74) is 2.67. The molecule has 0 aliphatic carbocycles. The van der Waals surface area contributed by atoms with Gasteiger partial charge in [0.2, 0.25) is 0 Å². The predicted molar refractivity (Wildman–Crippen MR) is 84.0 cm³/mol. The smallest absolute Gasteiger partial charge is 0.0593 e. The Bertz CT molecular complexity index is 480. The summed E-state index contributed by atoms with van der Waals surface area (Å²) in [5, 5.41) is 0. The maximum Gasteiger partial charge on any atom is 0.0593 e. The maximum absolute atomic E-state index is 5.79. The summed E-state index contributed by atoms with van der Waals surface area (Å²) in [6.45, 7) is 4.73. The standard InChI is InChI=1S/C18H22N2O/c1-2-5-16(6-3-1)11-18-14-20(9-10-21-15-18)13-17-7-4-8-19-12-17/h1-8,12,18H,9-11,13-15H2. The van der Waals surface area contributed by atoms with Gasteiger partial charge in [-0.15, -0.1) is 0 Å². The van der Waals surface area contributed by atoms with E-state index in [1.54, 1.807) is 0 Å². The minimum Gasteiger partial charge on any atom is -0.380 e. The Labute approximate surface area is 126 Å². The summed E-state index contributed by atoms with van der Waals surface area (Å²) in [5.74, 6) is 0.562. The Kier molecular flexibility index (Phi) is 4.98. The molecule has 1 unspecified atom stereocenters. The van der Waals surface area contributed by atoms with Crippen LogP contribution in [0.25, 0.3) is 0 Å². The Hall–Kier alpha value is -1.71. The second-order valence-electron chi connectivity index (χ2n) is 5.73. The van der Waals surface area contributed by atoms with Crippen LogP contribution < -0.4 is 0 Å². The molecule has 1 aliphatic rings. The van der Waals surface area contributed by atoms with Crippen LogP contribution in [-0.4, -0.2) is 36.2 Å². The highest BCUT2D eigenvalue weighted by molar-refractivity contribution is 5.15. The van der Waals surface area contributed by atoms with Crippen molar-refractivity contribution in [2.24, 2.45) is 5.92 Å². The average Bonchev–Trinajstić information content (AvgIpc) is 2.74. The van der Waals surface area contributed by atoms with Crippen LogP contribution in [0.1, 0.15) is 11.1 Å². The third-order valence-electron chi connectivity index (χ3n) is 3.92. The van der Waals surface area contributed by atoms with Gasteiger partial charge in [0.15, 0.2) is 0 Å². The van der Waals surface area contributed by atoms with E-state index in [-0.39, 0.29) is 0 Å². The molecule has 3 nitrogen and oxygen atoms in total. The van der Waals surface area contributed by atoms with Gasteiger partial charge in [0, 0.05) is 32.0 Å². The average molecular weight is 282 g/mol. The molecule has 0 saturated carbocycles. The van der Waals surface area contributed by atoms with Crippen molar-refractivity contribution < 1.29 is 4.74 Å². The van der Waals surface area contributed by atoms with Crippen molar-refractivity contribution in [2.45, 2.75) is 13.0 Å². The van der Waals surface area contributed by atoms with E-state index in [0.29, 0.717) is 5.92 Å². The van der Waals surface area contributed by atoms with E-state index in [1.807, 2.05) is 18.5 Å². The highest BCUT2D eigenvalue weighted by Gasteiger charge is 2.19. The molecule has 0 radical (unpaired) electrons. The number of benzene rings is 1. The first kappa shape index (κ1) is 14.2. The molecule has 0 spiro atoms. The van der Waals surface area contributed by atoms with Crippen molar-refractivity contribution in [1.29, 1.82) is 0 Å². The van der Waals surface area contributed by atoms with Gasteiger partial charge in [0.1, 0.15) is 0 Å². The first-order valence-electron chi connectivity index (χ1n) is 7.63. The molecular weight excluding hydrogens is 260 g/mol. The third-order valence-corrected chi connectivity index (χ3v) is 3.92. The lowest BCUT2D eigenvalue weighted by molar-refractivity contribution is 0.121. The number of hydrogen-bond donors (Lipinski definition) is 0.